The molecule has 1 N–H and O–H groups in total. The molecular weight excluding hydrogens is 456 g/mol. The van der Waals surface area contributed by atoms with Crippen LogP contribution in [0, 0.1) is 0 Å². The average Bonchev–Trinajstić information content (AvgIpc) is 3.39. The van der Waals surface area contributed by atoms with Crippen molar-refractivity contribution in [1.29, 1.82) is 0 Å². The lowest BCUT2D eigenvalue weighted by Crippen LogP contribution is -2.27. The third-order valence-electron chi connectivity index (χ3n) is 5.43. The zero-order valence-electron chi connectivity index (χ0n) is 16.9. The lowest BCUT2D eigenvalue weighted by Gasteiger charge is -2.16. The maximum atomic E-state index is 12.9. The molecule has 4 rings (SSSR count). The number of anilines is 1. The van der Waals surface area contributed by atoms with E-state index < -0.39 is 19.9 Å². The zero-order chi connectivity index (χ0) is 22.1. The fourth-order valence-corrected chi connectivity index (χ4v) is 8.92. The van der Waals surface area contributed by atoms with Gasteiger partial charge in [-0.05, 0) is 55.7 Å². The van der Waals surface area contributed by atoms with Crippen molar-refractivity contribution in [2.45, 2.75) is 34.3 Å². The molecule has 2 aromatic rings. The number of sulfonamides is 1. The number of carbonyl (C=O) groups is 1. The highest BCUT2D eigenvalue weighted by Gasteiger charge is 2.30. The number of hydrogen-bond acceptors (Lipinski definition) is 6. The van der Waals surface area contributed by atoms with Crippen molar-refractivity contribution in [1.82, 2.24) is 4.31 Å². The van der Waals surface area contributed by atoms with Crippen LogP contribution in [0.4, 0.5) is 5.69 Å². The summed E-state index contributed by atoms with van der Waals surface area (Å²) in [7, 11) is -6.49. The van der Waals surface area contributed by atoms with E-state index in [1.165, 1.54) is 28.2 Å². The second-order valence-corrected chi connectivity index (χ2v) is 13.2. The van der Waals surface area contributed by atoms with Crippen LogP contribution in [0.5, 0.6) is 0 Å². The van der Waals surface area contributed by atoms with Gasteiger partial charge in [0.2, 0.25) is 10.0 Å². The Morgan fingerprint density at radius 2 is 1.71 bits per heavy atom. The molecule has 10 heteroatoms. The molecule has 1 unspecified atom stereocenters. The standard InChI is InChI=1S/C21H24N2O5S3/c24-21(19-5-1-2-6-20(19)29-17-11-14-30(25,26)15-17)22-16-7-9-18(10-8-16)31(27,28)23-12-3-4-13-23/h1-2,5-10,17H,3-4,11-15H2,(H,22,24). The quantitative estimate of drug-likeness (QED) is 0.682. The van der Waals surface area contributed by atoms with Crippen molar-refractivity contribution in [3.8, 4) is 0 Å². The summed E-state index contributed by atoms with van der Waals surface area (Å²) in [4.78, 5) is 13.8. The molecule has 31 heavy (non-hydrogen) atoms. The largest absolute Gasteiger partial charge is 0.322 e. The van der Waals surface area contributed by atoms with Crippen LogP contribution in [-0.2, 0) is 19.9 Å². The maximum Gasteiger partial charge on any atom is 0.256 e. The number of benzene rings is 2. The van der Waals surface area contributed by atoms with E-state index in [2.05, 4.69) is 5.32 Å². The van der Waals surface area contributed by atoms with Crippen LogP contribution in [0.1, 0.15) is 29.6 Å². The summed E-state index contributed by atoms with van der Waals surface area (Å²) in [5, 5.41) is 2.75. The fourth-order valence-electron chi connectivity index (χ4n) is 3.78. The van der Waals surface area contributed by atoms with E-state index in [9.17, 15) is 21.6 Å². The molecule has 1 amide bonds. The molecular formula is C21H24N2O5S3. The molecule has 2 aliphatic heterocycles. The van der Waals surface area contributed by atoms with E-state index in [1.54, 1.807) is 24.3 Å². The van der Waals surface area contributed by atoms with Crippen molar-refractivity contribution in [2.75, 3.05) is 29.9 Å². The van der Waals surface area contributed by atoms with Crippen molar-refractivity contribution in [2.24, 2.45) is 0 Å². The van der Waals surface area contributed by atoms with Crippen LogP contribution < -0.4 is 5.32 Å². The number of thioether (sulfide) groups is 1. The fraction of sp³-hybridized carbons (Fsp3) is 0.381. The van der Waals surface area contributed by atoms with Gasteiger partial charge in [-0.1, -0.05) is 12.1 Å². The zero-order valence-corrected chi connectivity index (χ0v) is 19.3. The number of amides is 1. The van der Waals surface area contributed by atoms with Gasteiger partial charge in [0.25, 0.3) is 5.91 Å². The first-order chi connectivity index (χ1) is 14.7. The van der Waals surface area contributed by atoms with Gasteiger partial charge in [0, 0.05) is 28.9 Å². The second-order valence-electron chi connectivity index (χ2n) is 7.73. The van der Waals surface area contributed by atoms with Gasteiger partial charge in [0.1, 0.15) is 0 Å². The normalized spacial score (nSPS) is 21.2. The molecule has 2 aromatic carbocycles. The van der Waals surface area contributed by atoms with Crippen LogP contribution in [0.2, 0.25) is 0 Å². The number of nitrogens with zero attached hydrogens (tertiary/aromatic N) is 1. The summed E-state index contributed by atoms with van der Waals surface area (Å²) < 4.78 is 50.2. The van der Waals surface area contributed by atoms with E-state index in [0.29, 0.717) is 30.8 Å². The summed E-state index contributed by atoms with van der Waals surface area (Å²) in [6, 6.07) is 13.3. The molecule has 1 atom stereocenters. The molecule has 166 valence electrons. The van der Waals surface area contributed by atoms with E-state index >= 15 is 0 Å². The Balaban J connectivity index is 1.46. The van der Waals surface area contributed by atoms with Crippen molar-refractivity contribution in [3.63, 3.8) is 0 Å². The predicted molar refractivity (Wildman–Crippen MR) is 122 cm³/mol. The van der Waals surface area contributed by atoms with Gasteiger partial charge < -0.3 is 5.32 Å². The molecule has 2 aliphatic rings. The summed E-state index contributed by atoms with van der Waals surface area (Å²) in [5.74, 6) is -0.00848. The summed E-state index contributed by atoms with van der Waals surface area (Å²) in [5.41, 5.74) is 0.958. The highest BCUT2D eigenvalue weighted by atomic mass is 32.2. The Bertz CT molecular complexity index is 1170. The van der Waals surface area contributed by atoms with Gasteiger partial charge >= 0.3 is 0 Å². The second kappa shape index (κ2) is 8.93. The highest BCUT2D eigenvalue weighted by molar-refractivity contribution is 8.02. The van der Waals surface area contributed by atoms with E-state index in [0.717, 1.165) is 17.7 Å². The Kier molecular flexibility index (Phi) is 6.43. The molecule has 0 aliphatic carbocycles. The molecule has 0 bridgehead atoms. The number of sulfone groups is 1. The number of hydrogen-bond donors (Lipinski definition) is 1. The topological polar surface area (TPSA) is 101 Å². The first kappa shape index (κ1) is 22.3. The lowest BCUT2D eigenvalue weighted by molar-refractivity contribution is 0.102. The Morgan fingerprint density at radius 1 is 1.03 bits per heavy atom. The Hall–Kier alpha value is -1.88. The van der Waals surface area contributed by atoms with Gasteiger partial charge in [0.05, 0.1) is 22.0 Å². The van der Waals surface area contributed by atoms with Gasteiger partial charge in [-0.25, -0.2) is 16.8 Å². The van der Waals surface area contributed by atoms with Crippen LogP contribution in [0.25, 0.3) is 0 Å². The van der Waals surface area contributed by atoms with Crippen LogP contribution >= 0.6 is 11.8 Å². The maximum absolute atomic E-state index is 12.9. The highest BCUT2D eigenvalue weighted by Crippen LogP contribution is 2.33. The molecule has 0 aromatic heterocycles. The molecule has 0 radical (unpaired) electrons. The summed E-state index contributed by atoms with van der Waals surface area (Å²) in [6.07, 6.45) is 2.32. The lowest BCUT2D eigenvalue weighted by atomic mass is 10.2. The molecule has 2 saturated heterocycles. The SMILES string of the molecule is O=C(Nc1ccc(S(=O)(=O)N2CCCC2)cc1)c1ccccc1SC1CCS(=O)(=O)C1. The first-order valence-electron chi connectivity index (χ1n) is 10.1. The summed E-state index contributed by atoms with van der Waals surface area (Å²) >= 11 is 1.41. The van der Waals surface area contributed by atoms with Gasteiger partial charge in [0.15, 0.2) is 9.84 Å². The van der Waals surface area contributed by atoms with Crippen LogP contribution in [0.15, 0.2) is 58.3 Å². The molecule has 7 nitrogen and oxygen atoms in total. The molecule has 0 saturated carbocycles. The van der Waals surface area contributed by atoms with Crippen LogP contribution in [-0.4, -0.2) is 56.9 Å². The van der Waals surface area contributed by atoms with Gasteiger partial charge in [-0.2, -0.15) is 4.31 Å². The molecule has 2 heterocycles. The minimum absolute atomic E-state index is 0.0611. The number of nitrogens with one attached hydrogen (secondary N) is 1. The third kappa shape index (κ3) is 5.14. The smallest absolute Gasteiger partial charge is 0.256 e. The van der Waals surface area contributed by atoms with Crippen LogP contribution in [0.3, 0.4) is 0 Å². The minimum Gasteiger partial charge on any atom is -0.322 e. The monoisotopic (exact) mass is 480 g/mol. The van der Waals surface area contributed by atoms with Crippen molar-refractivity contribution >= 4 is 43.2 Å². The molecule has 2 fully saturated rings. The number of carbonyl (C=O) groups excluding carboxylic acids is 1. The van der Waals surface area contributed by atoms with E-state index in [1.807, 2.05) is 12.1 Å². The third-order valence-corrected chi connectivity index (χ3v) is 10.7. The van der Waals surface area contributed by atoms with Crippen molar-refractivity contribution in [3.05, 3.63) is 54.1 Å². The molecule has 0 spiro atoms. The predicted octanol–water partition coefficient (Wildman–Crippen LogP) is 3.00. The average molecular weight is 481 g/mol. The summed E-state index contributed by atoms with van der Waals surface area (Å²) in [6.45, 7) is 1.08. The first-order valence-corrected chi connectivity index (χ1v) is 14.3. The Labute approximate surface area is 187 Å². The van der Waals surface area contributed by atoms with Crippen molar-refractivity contribution < 1.29 is 21.6 Å². The minimum atomic E-state index is -3.50. The van der Waals surface area contributed by atoms with E-state index in [-0.39, 0.29) is 27.6 Å². The Morgan fingerprint density at radius 3 is 2.35 bits per heavy atom. The number of rotatable bonds is 6. The van der Waals surface area contributed by atoms with Gasteiger partial charge in [-0.3, -0.25) is 4.79 Å². The van der Waals surface area contributed by atoms with Gasteiger partial charge in [-0.15, -0.1) is 11.8 Å². The van der Waals surface area contributed by atoms with E-state index in [4.69, 9.17) is 0 Å².